The van der Waals surface area contributed by atoms with Gasteiger partial charge in [0.15, 0.2) is 11.5 Å². The van der Waals surface area contributed by atoms with Crippen LogP contribution in [0, 0.1) is 11.3 Å². The zero-order valence-electron chi connectivity index (χ0n) is 18.3. The standard InChI is InChI=1S/C26H21BrN2O5/c1-2-31-21-5-3-4-20(13-21)29-26(30)19(14-28)10-17-6-8-23(22(27)11-17)32-15-18-7-9-24-25(12-18)34-16-33-24/h3-13H,2,15-16H2,1H3,(H,29,30)/b19-10-. The molecule has 0 spiro atoms. The van der Waals surface area contributed by atoms with Crippen molar-refractivity contribution in [1.82, 2.24) is 0 Å². The number of nitriles is 1. The summed E-state index contributed by atoms with van der Waals surface area (Å²) in [5.41, 5.74) is 2.14. The van der Waals surface area contributed by atoms with Crippen LogP contribution in [-0.4, -0.2) is 19.3 Å². The third-order valence-electron chi connectivity index (χ3n) is 4.87. The molecule has 34 heavy (non-hydrogen) atoms. The number of ether oxygens (including phenoxy) is 4. The summed E-state index contributed by atoms with van der Waals surface area (Å²) in [4.78, 5) is 12.6. The largest absolute Gasteiger partial charge is 0.494 e. The van der Waals surface area contributed by atoms with E-state index in [-0.39, 0.29) is 12.4 Å². The van der Waals surface area contributed by atoms with Gasteiger partial charge in [-0.2, -0.15) is 5.26 Å². The van der Waals surface area contributed by atoms with Crippen LogP contribution >= 0.6 is 15.9 Å². The number of amides is 1. The summed E-state index contributed by atoms with van der Waals surface area (Å²) in [5, 5.41) is 12.2. The third kappa shape index (κ3) is 5.69. The number of rotatable bonds is 8. The summed E-state index contributed by atoms with van der Waals surface area (Å²) in [5.74, 6) is 2.19. The third-order valence-corrected chi connectivity index (χ3v) is 5.49. The van der Waals surface area contributed by atoms with Crippen LogP contribution < -0.4 is 24.3 Å². The van der Waals surface area contributed by atoms with E-state index in [0.717, 1.165) is 11.3 Å². The molecular weight excluding hydrogens is 500 g/mol. The summed E-state index contributed by atoms with van der Waals surface area (Å²) in [7, 11) is 0. The Labute approximate surface area is 205 Å². The second kappa shape index (κ2) is 10.8. The molecule has 0 atom stereocenters. The van der Waals surface area contributed by atoms with Crippen molar-refractivity contribution < 1.29 is 23.7 Å². The van der Waals surface area contributed by atoms with Gasteiger partial charge >= 0.3 is 0 Å². The fourth-order valence-electron chi connectivity index (χ4n) is 3.26. The highest BCUT2D eigenvalue weighted by atomic mass is 79.9. The maximum atomic E-state index is 12.6. The van der Waals surface area contributed by atoms with E-state index in [0.29, 0.717) is 46.2 Å². The molecule has 1 N–H and O–H groups in total. The van der Waals surface area contributed by atoms with E-state index in [4.69, 9.17) is 18.9 Å². The van der Waals surface area contributed by atoms with E-state index in [1.165, 1.54) is 6.08 Å². The van der Waals surface area contributed by atoms with Crippen molar-refractivity contribution in [2.24, 2.45) is 0 Å². The van der Waals surface area contributed by atoms with Crippen molar-refractivity contribution >= 4 is 33.6 Å². The lowest BCUT2D eigenvalue weighted by Gasteiger charge is -2.10. The number of benzene rings is 3. The van der Waals surface area contributed by atoms with Crippen LogP contribution in [0.4, 0.5) is 5.69 Å². The second-order valence-corrected chi connectivity index (χ2v) is 8.11. The Morgan fingerprint density at radius 1 is 1.12 bits per heavy atom. The quantitative estimate of drug-likeness (QED) is 0.302. The van der Waals surface area contributed by atoms with Crippen molar-refractivity contribution in [2.45, 2.75) is 13.5 Å². The number of halogens is 1. The lowest BCUT2D eigenvalue weighted by molar-refractivity contribution is -0.112. The molecule has 0 saturated heterocycles. The Kier molecular flexibility index (Phi) is 7.35. The smallest absolute Gasteiger partial charge is 0.266 e. The van der Waals surface area contributed by atoms with Gasteiger partial charge in [0.2, 0.25) is 6.79 Å². The summed E-state index contributed by atoms with van der Waals surface area (Å²) < 4.78 is 22.8. The number of carbonyl (C=O) groups excluding carboxylic acids is 1. The van der Waals surface area contributed by atoms with Crippen LogP contribution in [0.5, 0.6) is 23.0 Å². The Hall–Kier alpha value is -3.96. The number of nitrogens with one attached hydrogen (secondary N) is 1. The monoisotopic (exact) mass is 520 g/mol. The highest BCUT2D eigenvalue weighted by molar-refractivity contribution is 9.10. The molecule has 0 bridgehead atoms. The van der Waals surface area contributed by atoms with Crippen LogP contribution in [0.2, 0.25) is 0 Å². The first-order chi connectivity index (χ1) is 16.6. The van der Waals surface area contributed by atoms with Gasteiger partial charge in [-0.25, -0.2) is 0 Å². The van der Waals surface area contributed by atoms with Crippen LogP contribution in [0.15, 0.2) is 70.7 Å². The van der Waals surface area contributed by atoms with E-state index in [1.54, 1.807) is 42.5 Å². The van der Waals surface area contributed by atoms with Crippen LogP contribution in [-0.2, 0) is 11.4 Å². The average Bonchev–Trinajstić information content (AvgIpc) is 3.30. The predicted octanol–water partition coefficient (Wildman–Crippen LogP) is 5.70. The Morgan fingerprint density at radius 3 is 2.76 bits per heavy atom. The van der Waals surface area contributed by atoms with Crippen LogP contribution in [0.1, 0.15) is 18.1 Å². The van der Waals surface area contributed by atoms with Gasteiger partial charge < -0.3 is 24.3 Å². The van der Waals surface area contributed by atoms with Crippen LogP contribution in [0.25, 0.3) is 6.08 Å². The first kappa shape index (κ1) is 23.2. The van der Waals surface area contributed by atoms with Gasteiger partial charge in [-0.05, 0) is 76.5 Å². The van der Waals surface area contributed by atoms with Gasteiger partial charge in [0.05, 0.1) is 11.1 Å². The molecule has 0 saturated carbocycles. The number of nitrogens with zero attached hydrogens (tertiary/aromatic N) is 1. The number of hydrogen-bond donors (Lipinski definition) is 1. The molecule has 3 aromatic rings. The number of fused-ring (bicyclic) bond motifs is 1. The molecule has 4 rings (SSSR count). The number of hydrogen-bond acceptors (Lipinski definition) is 6. The summed E-state index contributed by atoms with van der Waals surface area (Å²) in [6.07, 6.45) is 1.52. The molecule has 0 fully saturated rings. The molecule has 8 heteroatoms. The normalized spacial score (nSPS) is 12.1. The number of anilines is 1. The molecule has 0 radical (unpaired) electrons. The minimum Gasteiger partial charge on any atom is -0.494 e. The maximum absolute atomic E-state index is 12.6. The Bertz CT molecular complexity index is 1280. The fourth-order valence-corrected chi connectivity index (χ4v) is 3.77. The molecule has 7 nitrogen and oxygen atoms in total. The molecule has 1 amide bonds. The van der Waals surface area contributed by atoms with Crippen molar-refractivity contribution in [3.63, 3.8) is 0 Å². The lowest BCUT2D eigenvalue weighted by atomic mass is 10.1. The molecule has 0 aliphatic carbocycles. The van der Waals surface area contributed by atoms with Crippen molar-refractivity contribution in [3.05, 3.63) is 81.8 Å². The molecular formula is C26H21BrN2O5. The fraction of sp³-hybridized carbons (Fsp3) is 0.154. The minimum atomic E-state index is -0.504. The molecule has 0 unspecified atom stereocenters. The first-order valence-electron chi connectivity index (χ1n) is 10.5. The van der Waals surface area contributed by atoms with E-state index in [1.807, 2.05) is 31.2 Å². The van der Waals surface area contributed by atoms with Crippen molar-refractivity contribution in [3.8, 4) is 29.1 Å². The van der Waals surface area contributed by atoms with E-state index in [9.17, 15) is 10.1 Å². The zero-order chi connectivity index (χ0) is 23.9. The molecule has 172 valence electrons. The Morgan fingerprint density at radius 2 is 1.97 bits per heavy atom. The van der Waals surface area contributed by atoms with Crippen LogP contribution in [0.3, 0.4) is 0 Å². The van der Waals surface area contributed by atoms with Gasteiger partial charge in [-0.3, -0.25) is 4.79 Å². The molecule has 0 aromatic heterocycles. The zero-order valence-corrected chi connectivity index (χ0v) is 19.9. The van der Waals surface area contributed by atoms with Crippen molar-refractivity contribution in [2.75, 3.05) is 18.7 Å². The molecule has 1 heterocycles. The predicted molar refractivity (Wildman–Crippen MR) is 131 cm³/mol. The highest BCUT2D eigenvalue weighted by Gasteiger charge is 2.14. The molecule has 3 aromatic carbocycles. The number of carbonyl (C=O) groups is 1. The molecule has 1 aliphatic heterocycles. The van der Waals surface area contributed by atoms with Crippen molar-refractivity contribution in [1.29, 1.82) is 5.26 Å². The van der Waals surface area contributed by atoms with E-state index in [2.05, 4.69) is 21.2 Å². The maximum Gasteiger partial charge on any atom is 0.266 e. The highest BCUT2D eigenvalue weighted by Crippen LogP contribution is 2.33. The summed E-state index contributed by atoms with van der Waals surface area (Å²) >= 11 is 3.50. The summed E-state index contributed by atoms with van der Waals surface area (Å²) in [6.45, 7) is 2.97. The average molecular weight is 521 g/mol. The SMILES string of the molecule is CCOc1cccc(NC(=O)/C(C#N)=C\c2ccc(OCc3ccc4c(c3)OCO4)c(Br)c2)c1. The molecule has 1 aliphatic rings. The topological polar surface area (TPSA) is 89.8 Å². The second-order valence-electron chi connectivity index (χ2n) is 7.25. The van der Waals surface area contributed by atoms with Gasteiger partial charge in [-0.1, -0.05) is 18.2 Å². The first-order valence-corrected chi connectivity index (χ1v) is 11.3. The van der Waals surface area contributed by atoms with Gasteiger partial charge in [-0.15, -0.1) is 0 Å². The lowest BCUT2D eigenvalue weighted by Crippen LogP contribution is -2.13. The minimum absolute atomic E-state index is 0.0252. The Balaban J connectivity index is 1.42. The van der Waals surface area contributed by atoms with E-state index < -0.39 is 5.91 Å². The van der Waals surface area contributed by atoms with Gasteiger partial charge in [0, 0.05) is 11.8 Å². The summed E-state index contributed by atoms with van der Waals surface area (Å²) in [6, 6.07) is 20.0. The van der Waals surface area contributed by atoms with Gasteiger partial charge in [0.1, 0.15) is 29.7 Å². The van der Waals surface area contributed by atoms with Gasteiger partial charge in [0.25, 0.3) is 5.91 Å². The van der Waals surface area contributed by atoms with E-state index >= 15 is 0 Å².